The van der Waals surface area contributed by atoms with Crippen LogP contribution in [0.15, 0.2) is 40.2 Å². The van der Waals surface area contributed by atoms with Crippen LogP contribution >= 0.6 is 12.6 Å². The molecule has 0 saturated carbocycles. The van der Waals surface area contributed by atoms with E-state index in [2.05, 4.69) is 24.5 Å². The zero-order chi connectivity index (χ0) is 14.5. The lowest BCUT2D eigenvalue weighted by Crippen LogP contribution is -2.24. The highest BCUT2D eigenvalue weighted by atomic mass is 32.1. The van der Waals surface area contributed by atoms with Gasteiger partial charge in [-0.05, 0) is 30.7 Å². The molecule has 2 aromatic rings. The molecule has 106 valence electrons. The van der Waals surface area contributed by atoms with E-state index in [1.54, 1.807) is 11.7 Å². The average molecular weight is 290 g/mol. The molecule has 0 radical (unpaired) electrons. The number of benzene rings is 1. The number of rotatable bonds is 5. The Balaban J connectivity index is 2.51. The fraction of sp³-hybridized carbons (Fsp3) is 0.333. The van der Waals surface area contributed by atoms with Gasteiger partial charge in [-0.15, -0.1) is 12.6 Å². The third-order valence-corrected chi connectivity index (χ3v) is 3.41. The van der Waals surface area contributed by atoms with Gasteiger partial charge in [-0.1, -0.05) is 13.3 Å². The molecule has 0 aliphatic carbocycles. The maximum atomic E-state index is 12.3. The second-order valence-electron chi connectivity index (χ2n) is 4.50. The third kappa shape index (κ3) is 3.04. The summed E-state index contributed by atoms with van der Waals surface area (Å²) >= 11 is 4.17. The molecule has 0 spiro atoms. The summed E-state index contributed by atoms with van der Waals surface area (Å²) in [5.74, 6) is 1.52. The van der Waals surface area contributed by atoms with E-state index >= 15 is 0 Å². The lowest BCUT2D eigenvalue weighted by molar-refractivity contribution is 0.414. The highest BCUT2D eigenvalue weighted by molar-refractivity contribution is 7.80. The summed E-state index contributed by atoms with van der Waals surface area (Å²) in [5.41, 5.74) is 0.643. The van der Waals surface area contributed by atoms with E-state index in [9.17, 15) is 4.79 Å². The van der Waals surface area contributed by atoms with Crippen molar-refractivity contribution in [2.45, 2.75) is 31.1 Å². The molecule has 2 rings (SSSR count). The van der Waals surface area contributed by atoms with Crippen molar-refractivity contribution in [2.75, 3.05) is 7.11 Å². The van der Waals surface area contributed by atoms with Crippen LogP contribution in [-0.4, -0.2) is 16.7 Å². The van der Waals surface area contributed by atoms with Gasteiger partial charge >= 0.3 is 0 Å². The molecule has 0 atom stereocenters. The summed E-state index contributed by atoms with van der Waals surface area (Å²) in [4.78, 5) is 17.0. The number of hydrogen-bond acceptors (Lipinski definition) is 4. The second-order valence-corrected chi connectivity index (χ2v) is 4.98. The summed E-state index contributed by atoms with van der Waals surface area (Å²) in [6.07, 6.45) is 4.35. The number of thiol groups is 1. The Bertz CT molecular complexity index is 635. The van der Waals surface area contributed by atoms with Crippen molar-refractivity contribution in [3.05, 3.63) is 46.6 Å². The Morgan fingerprint density at radius 3 is 2.60 bits per heavy atom. The van der Waals surface area contributed by atoms with Gasteiger partial charge in [0.2, 0.25) is 0 Å². The molecule has 1 aromatic heterocycles. The molecular weight excluding hydrogens is 272 g/mol. The van der Waals surface area contributed by atoms with Crippen molar-refractivity contribution in [1.82, 2.24) is 9.55 Å². The van der Waals surface area contributed by atoms with Crippen LogP contribution in [0, 0.1) is 0 Å². The largest absolute Gasteiger partial charge is 0.497 e. The number of aromatic nitrogens is 2. The van der Waals surface area contributed by atoms with E-state index in [1.165, 1.54) is 6.20 Å². The molecule has 20 heavy (non-hydrogen) atoms. The zero-order valence-electron chi connectivity index (χ0n) is 11.7. The minimum Gasteiger partial charge on any atom is -0.497 e. The van der Waals surface area contributed by atoms with Gasteiger partial charge in [-0.25, -0.2) is 4.98 Å². The van der Waals surface area contributed by atoms with E-state index in [0.717, 1.165) is 36.5 Å². The number of ether oxygens (including phenoxy) is 1. The van der Waals surface area contributed by atoms with Gasteiger partial charge in [0.05, 0.1) is 17.7 Å². The first-order chi connectivity index (χ1) is 9.67. The van der Waals surface area contributed by atoms with Crippen molar-refractivity contribution < 1.29 is 4.74 Å². The first kappa shape index (κ1) is 14.7. The smallest absolute Gasteiger partial charge is 0.271 e. The lowest BCUT2D eigenvalue weighted by Gasteiger charge is -2.12. The van der Waals surface area contributed by atoms with Crippen molar-refractivity contribution >= 4 is 12.6 Å². The fourth-order valence-corrected chi connectivity index (χ4v) is 2.15. The van der Waals surface area contributed by atoms with Crippen molar-refractivity contribution in [3.63, 3.8) is 0 Å². The highest BCUT2D eigenvalue weighted by Crippen LogP contribution is 2.16. The lowest BCUT2D eigenvalue weighted by atomic mass is 10.2. The second kappa shape index (κ2) is 6.61. The molecule has 0 bridgehead atoms. The van der Waals surface area contributed by atoms with E-state index in [-0.39, 0.29) is 5.56 Å². The van der Waals surface area contributed by atoms with E-state index < -0.39 is 0 Å². The molecule has 0 unspecified atom stereocenters. The van der Waals surface area contributed by atoms with E-state index in [0.29, 0.717) is 4.90 Å². The minimum atomic E-state index is -0.139. The van der Waals surface area contributed by atoms with Crippen molar-refractivity contribution in [3.8, 4) is 11.4 Å². The van der Waals surface area contributed by atoms with Crippen molar-refractivity contribution in [1.29, 1.82) is 0 Å². The van der Waals surface area contributed by atoms with Gasteiger partial charge in [0.25, 0.3) is 5.56 Å². The van der Waals surface area contributed by atoms with Crippen LogP contribution in [0.1, 0.15) is 25.6 Å². The van der Waals surface area contributed by atoms with Gasteiger partial charge in [0.15, 0.2) is 0 Å². The Kier molecular flexibility index (Phi) is 4.84. The van der Waals surface area contributed by atoms with Crippen LogP contribution < -0.4 is 10.3 Å². The Hall–Kier alpha value is -1.75. The normalized spacial score (nSPS) is 10.6. The van der Waals surface area contributed by atoms with Gasteiger partial charge in [-0.3, -0.25) is 9.36 Å². The molecule has 0 aliphatic rings. The molecular formula is C15H18N2O2S. The summed E-state index contributed by atoms with van der Waals surface area (Å²) in [6, 6.07) is 7.36. The van der Waals surface area contributed by atoms with Crippen molar-refractivity contribution in [2.24, 2.45) is 0 Å². The van der Waals surface area contributed by atoms with Crippen LogP contribution in [0.5, 0.6) is 5.75 Å². The molecule has 0 fully saturated rings. The first-order valence-electron chi connectivity index (χ1n) is 6.61. The minimum absolute atomic E-state index is 0.139. The molecule has 0 aliphatic heterocycles. The van der Waals surface area contributed by atoms with Gasteiger partial charge in [0.1, 0.15) is 11.6 Å². The highest BCUT2D eigenvalue weighted by Gasteiger charge is 2.10. The van der Waals surface area contributed by atoms with Crippen LogP contribution in [0.2, 0.25) is 0 Å². The molecule has 5 heteroatoms. The number of nitrogens with zero attached hydrogens (tertiary/aromatic N) is 2. The van der Waals surface area contributed by atoms with Crippen LogP contribution in [0.4, 0.5) is 0 Å². The Morgan fingerprint density at radius 2 is 2.00 bits per heavy atom. The van der Waals surface area contributed by atoms with Gasteiger partial charge in [-0.2, -0.15) is 0 Å². The monoisotopic (exact) mass is 290 g/mol. The van der Waals surface area contributed by atoms with Crippen LogP contribution in [0.3, 0.4) is 0 Å². The fourth-order valence-electron chi connectivity index (χ4n) is 1.99. The summed E-state index contributed by atoms with van der Waals surface area (Å²) in [6.45, 7) is 2.11. The molecule has 4 nitrogen and oxygen atoms in total. The average Bonchev–Trinajstić information content (AvgIpc) is 2.48. The number of unbranched alkanes of at least 4 members (excludes halogenated alkanes) is 1. The van der Waals surface area contributed by atoms with E-state index in [4.69, 9.17) is 4.74 Å². The number of hydrogen-bond donors (Lipinski definition) is 1. The number of methoxy groups -OCH3 is 1. The summed E-state index contributed by atoms with van der Waals surface area (Å²) < 4.78 is 6.76. The van der Waals surface area contributed by atoms with Gasteiger partial charge in [0, 0.05) is 12.6 Å². The Morgan fingerprint density at radius 1 is 1.30 bits per heavy atom. The van der Waals surface area contributed by atoms with Crippen LogP contribution in [0.25, 0.3) is 5.69 Å². The topological polar surface area (TPSA) is 44.1 Å². The predicted molar refractivity (Wildman–Crippen MR) is 82.3 cm³/mol. The Labute approximate surface area is 123 Å². The quantitative estimate of drug-likeness (QED) is 0.861. The molecule has 0 N–H and O–H groups in total. The maximum absolute atomic E-state index is 12.3. The zero-order valence-corrected chi connectivity index (χ0v) is 12.6. The molecule has 0 saturated heterocycles. The predicted octanol–water partition coefficient (Wildman–Crippen LogP) is 2.87. The molecule has 1 aromatic carbocycles. The maximum Gasteiger partial charge on any atom is 0.271 e. The first-order valence-corrected chi connectivity index (χ1v) is 7.06. The van der Waals surface area contributed by atoms with Gasteiger partial charge < -0.3 is 4.74 Å². The molecule has 0 amide bonds. The summed E-state index contributed by atoms with van der Waals surface area (Å²) in [7, 11) is 1.61. The standard InChI is InChI=1S/C15H18N2O2S/c1-3-4-5-14-16-10-13(20)15(18)17(14)11-6-8-12(19-2)9-7-11/h6-10,20H,3-5H2,1-2H3. The number of aryl methyl sites for hydroxylation is 1. The summed E-state index contributed by atoms with van der Waals surface area (Å²) in [5, 5.41) is 0. The third-order valence-electron chi connectivity index (χ3n) is 3.10. The molecule has 1 heterocycles. The van der Waals surface area contributed by atoms with Crippen LogP contribution in [-0.2, 0) is 6.42 Å². The SMILES string of the molecule is CCCCc1ncc(S)c(=O)n1-c1ccc(OC)cc1. The van der Waals surface area contributed by atoms with E-state index in [1.807, 2.05) is 24.3 Å².